The molecule has 1 saturated heterocycles. The van der Waals surface area contributed by atoms with E-state index in [1.807, 2.05) is 46.2 Å². The van der Waals surface area contributed by atoms with E-state index in [-0.39, 0.29) is 30.3 Å². The van der Waals surface area contributed by atoms with Crippen molar-refractivity contribution in [3.05, 3.63) is 65.2 Å². The van der Waals surface area contributed by atoms with Gasteiger partial charge in [0.1, 0.15) is 0 Å². The number of rotatable bonds is 7. The Labute approximate surface area is 207 Å². The van der Waals surface area contributed by atoms with Gasteiger partial charge >= 0.3 is 0 Å². The molecule has 0 atom stereocenters. The maximum absolute atomic E-state index is 12.9. The monoisotopic (exact) mass is 476 g/mol. The van der Waals surface area contributed by atoms with Gasteiger partial charge in [0.2, 0.25) is 5.91 Å². The normalized spacial score (nSPS) is 16.9. The number of hydrogen-bond donors (Lipinski definition) is 2. The van der Waals surface area contributed by atoms with Gasteiger partial charge in [0.15, 0.2) is 0 Å². The van der Waals surface area contributed by atoms with Crippen LogP contribution < -0.4 is 10.6 Å². The zero-order valence-electron chi connectivity index (χ0n) is 20.8. The van der Waals surface area contributed by atoms with Crippen LogP contribution in [-0.2, 0) is 4.79 Å². The Morgan fingerprint density at radius 3 is 2.23 bits per heavy atom. The van der Waals surface area contributed by atoms with E-state index in [0.717, 1.165) is 25.7 Å². The molecule has 4 rings (SSSR count). The smallest absolute Gasteiger partial charge is 0.253 e. The SMILES string of the molecule is CC(C)c1ccc(C(=O)N2CCN(CC(=O)Nc3ccccc3C(=O)NC3CCCC3)CC2)cc1. The summed E-state index contributed by atoms with van der Waals surface area (Å²) >= 11 is 0. The number of piperazine rings is 1. The third-order valence-electron chi connectivity index (χ3n) is 6.99. The first-order valence-electron chi connectivity index (χ1n) is 12.7. The summed E-state index contributed by atoms with van der Waals surface area (Å²) in [5.74, 6) is 0.172. The highest BCUT2D eigenvalue weighted by Gasteiger charge is 2.24. The van der Waals surface area contributed by atoms with Crippen LogP contribution in [0.1, 0.15) is 71.7 Å². The number of carbonyl (C=O) groups excluding carboxylic acids is 3. The zero-order chi connectivity index (χ0) is 24.8. The van der Waals surface area contributed by atoms with Gasteiger partial charge in [0, 0.05) is 37.8 Å². The van der Waals surface area contributed by atoms with Crippen molar-refractivity contribution in [3.8, 4) is 0 Å². The Bertz CT molecular complexity index is 1040. The molecule has 0 aromatic heterocycles. The highest BCUT2D eigenvalue weighted by atomic mass is 16.2. The Hall–Kier alpha value is -3.19. The molecule has 1 aliphatic carbocycles. The van der Waals surface area contributed by atoms with Gasteiger partial charge in [-0.2, -0.15) is 0 Å². The molecule has 0 spiro atoms. The molecular formula is C28H36N4O3. The van der Waals surface area contributed by atoms with Gasteiger partial charge in [-0.05, 0) is 48.6 Å². The first kappa shape index (κ1) is 24.9. The molecule has 35 heavy (non-hydrogen) atoms. The molecule has 0 bridgehead atoms. The van der Waals surface area contributed by atoms with Crippen LogP contribution in [-0.4, -0.2) is 66.3 Å². The molecule has 2 aromatic carbocycles. The van der Waals surface area contributed by atoms with Gasteiger partial charge in [0.25, 0.3) is 11.8 Å². The number of nitrogens with one attached hydrogen (secondary N) is 2. The molecule has 7 nitrogen and oxygen atoms in total. The lowest BCUT2D eigenvalue weighted by Gasteiger charge is -2.34. The average Bonchev–Trinajstić information content (AvgIpc) is 3.37. The van der Waals surface area contributed by atoms with Crippen molar-refractivity contribution in [1.29, 1.82) is 0 Å². The third kappa shape index (κ3) is 6.48. The molecule has 2 aromatic rings. The summed E-state index contributed by atoms with van der Waals surface area (Å²) in [4.78, 5) is 42.3. The number of amides is 3. The lowest BCUT2D eigenvalue weighted by molar-refractivity contribution is -0.117. The maximum Gasteiger partial charge on any atom is 0.253 e. The second-order valence-electron chi connectivity index (χ2n) is 9.89. The van der Waals surface area contributed by atoms with Gasteiger partial charge in [-0.25, -0.2) is 0 Å². The molecule has 0 radical (unpaired) electrons. The molecule has 2 N–H and O–H groups in total. The Kier molecular flexibility index (Phi) is 8.18. The summed E-state index contributed by atoms with van der Waals surface area (Å²) in [6, 6.07) is 15.2. The molecule has 2 aliphatic rings. The van der Waals surface area contributed by atoms with Crippen LogP contribution in [0.15, 0.2) is 48.5 Å². The Morgan fingerprint density at radius 2 is 1.57 bits per heavy atom. The van der Waals surface area contributed by atoms with Crippen molar-refractivity contribution in [1.82, 2.24) is 15.1 Å². The lowest BCUT2D eigenvalue weighted by Crippen LogP contribution is -2.50. The van der Waals surface area contributed by atoms with Gasteiger partial charge in [0.05, 0.1) is 17.8 Å². The highest BCUT2D eigenvalue weighted by molar-refractivity contribution is 6.04. The van der Waals surface area contributed by atoms with E-state index >= 15 is 0 Å². The second-order valence-corrected chi connectivity index (χ2v) is 9.89. The van der Waals surface area contributed by atoms with Gasteiger partial charge < -0.3 is 15.5 Å². The molecular weight excluding hydrogens is 440 g/mol. The summed E-state index contributed by atoms with van der Waals surface area (Å²) in [6.45, 7) is 6.92. The van der Waals surface area contributed by atoms with E-state index in [2.05, 4.69) is 24.5 Å². The Morgan fingerprint density at radius 1 is 0.914 bits per heavy atom. The van der Waals surface area contributed by atoms with Crippen LogP contribution in [0.3, 0.4) is 0 Å². The third-order valence-corrected chi connectivity index (χ3v) is 6.99. The first-order valence-corrected chi connectivity index (χ1v) is 12.7. The predicted octanol–water partition coefficient (Wildman–Crippen LogP) is 3.88. The minimum absolute atomic E-state index is 0.0339. The van der Waals surface area contributed by atoms with Gasteiger partial charge in [-0.1, -0.05) is 51.0 Å². The predicted molar refractivity (Wildman–Crippen MR) is 138 cm³/mol. The minimum Gasteiger partial charge on any atom is -0.349 e. The van der Waals surface area contributed by atoms with Crippen molar-refractivity contribution >= 4 is 23.4 Å². The fraction of sp³-hybridized carbons (Fsp3) is 0.464. The van der Waals surface area contributed by atoms with E-state index in [1.165, 1.54) is 5.56 Å². The molecule has 2 fully saturated rings. The van der Waals surface area contributed by atoms with Crippen molar-refractivity contribution < 1.29 is 14.4 Å². The van der Waals surface area contributed by atoms with Crippen LogP contribution in [0.25, 0.3) is 0 Å². The van der Waals surface area contributed by atoms with E-state index in [9.17, 15) is 14.4 Å². The maximum atomic E-state index is 12.9. The van der Waals surface area contributed by atoms with Crippen molar-refractivity contribution in [2.24, 2.45) is 0 Å². The van der Waals surface area contributed by atoms with Crippen LogP contribution in [0.4, 0.5) is 5.69 Å². The molecule has 1 aliphatic heterocycles. The van der Waals surface area contributed by atoms with Crippen molar-refractivity contribution in [2.75, 3.05) is 38.0 Å². The summed E-state index contributed by atoms with van der Waals surface area (Å²) in [5.41, 5.74) is 2.95. The van der Waals surface area contributed by atoms with Gasteiger partial charge in [-0.15, -0.1) is 0 Å². The molecule has 7 heteroatoms. The summed E-state index contributed by atoms with van der Waals surface area (Å²) in [5, 5.41) is 6.01. The van der Waals surface area contributed by atoms with E-state index in [4.69, 9.17) is 0 Å². The average molecular weight is 477 g/mol. The van der Waals surface area contributed by atoms with Crippen LogP contribution >= 0.6 is 0 Å². The number of anilines is 1. The molecule has 0 unspecified atom stereocenters. The number of nitrogens with zero attached hydrogens (tertiary/aromatic N) is 2. The quantitative estimate of drug-likeness (QED) is 0.636. The molecule has 1 heterocycles. The second kappa shape index (κ2) is 11.5. The molecule has 186 valence electrons. The number of carbonyl (C=O) groups is 3. The van der Waals surface area contributed by atoms with Crippen LogP contribution in [0.5, 0.6) is 0 Å². The summed E-state index contributed by atoms with van der Waals surface area (Å²) in [7, 11) is 0. The highest BCUT2D eigenvalue weighted by Crippen LogP contribution is 2.21. The molecule has 1 saturated carbocycles. The standard InChI is InChI=1S/C28H36N4O3/c1-20(2)21-11-13-22(14-12-21)28(35)32-17-15-31(16-18-32)19-26(33)30-25-10-6-5-9-24(25)27(34)29-23-7-3-4-8-23/h5-6,9-14,20,23H,3-4,7-8,15-19H2,1-2H3,(H,29,34)(H,30,33). The van der Waals surface area contributed by atoms with Crippen molar-refractivity contribution in [2.45, 2.75) is 51.5 Å². The van der Waals surface area contributed by atoms with Gasteiger partial charge in [-0.3, -0.25) is 19.3 Å². The number of benzene rings is 2. The van der Waals surface area contributed by atoms with Crippen LogP contribution in [0, 0.1) is 0 Å². The summed E-state index contributed by atoms with van der Waals surface area (Å²) < 4.78 is 0. The largest absolute Gasteiger partial charge is 0.349 e. The zero-order valence-corrected chi connectivity index (χ0v) is 20.8. The fourth-order valence-corrected chi connectivity index (χ4v) is 4.82. The summed E-state index contributed by atoms with van der Waals surface area (Å²) in [6.07, 6.45) is 4.31. The molecule has 3 amide bonds. The van der Waals surface area contributed by atoms with Crippen molar-refractivity contribution in [3.63, 3.8) is 0 Å². The first-order chi connectivity index (χ1) is 16.9. The number of para-hydroxylation sites is 1. The Balaban J connectivity index is 1.27. The van der Waals surface area contributed by atoms with Crippen LogP contribution in [0.2, 0.25) is 0 Å². The lowest BCUT2D eigenvalue weighted by atomic mass is 10.0. The fourth-order valence-electron chi connectivity index (χ4n) is 4.82. The van der Waals surface area contributed by atoms with E-state index in [1.54, 1.807) is 12.1 Å². The van der Waals surface area contributed by atoms with E-state index in [0.29, 0.717) is 48.9 Å². The minimum atomic E-state index is -0.157. The number of hydrogen-bond acceptors (Lipinski definition) is 4. The van der Waals surface area contributed by atoms with E-state index < -0.39 is 0 Å². The topological polar surface area (TPSA) is 81.8 Å².